The van der Waals surface area contributed by atoms with E-state index in [2.05, 4.69) is 5.32 Å². The molecular formula is C15H20F2N2O3. The molecule has 7 heteroatoms. The maximum atomic E-state index is 13.0. The summed E-state index contributed by atoms with van der Waals surface area (Å²) in [6, 6.07) is 4.23. The molecule has 0 bridgehead atoms. The number of rotatable bonds is 2. The molecule has 1 aliphatic carbocycles. The van der Waals surface area contributed by atoms with Gasteiger partial charge in [-0.15, -0.1) is 0 Å². The minimum Gasteiger partial charge on any atom is -0.506 e. The summed E-state index contributed by atoms with van der Waals surface area (Å²) in [5.74, 6) is -3.01. The SMILES string of the molecule is CC(C)(C)OC(=O)Nc1ccc(C2(N)CC(F)(F)C2)cc1O. The van der Waals surface area contributed by atoms with Crippen LogP contribution in [0.1, 0.15) is 39.2 Å². The van der Waals surface area contributed by atoms with Gasteiger partial charge in [0.15, 0.2) is 0 Å². The minimum atomic E-state index is -2.77. The number of halogens is 2. The van der Waals surface area contributed by atoms with Gasteiger partial charge in [0, 0.05) is 12.8 Å². The Morgan fingerprint density at radius 2 is 1.95 bits per heavy atom. The maximum absolute atomic E-state index is 13.0. The molecule has 1 saturated carbocycles. The highest BCUT2D eigenvalue weighted by Gasteiger charge is 2.55. The van der Waals surface area contributed by atoms with Crippen molar-refractivity contribution in [3.05, 3.63) is 23.8 Å². The zero-order valence-electron chi connectivity index (χ0n) is 12.7. The molecule has 1 aromatic carbocycles. The van der Waals surface area contributed by atoms with Gasteiger partial charge in [0.1, 0.15) is 11.4 Å². The number of aromatic hydroxyl groups is 1. The molecule has 1 amide bonds. The summed E-state index contributed by atoms with van der Waals surface area (Å²) in [5, 5.41) is 12.3. The highest BCUT2D eigenvalue weighted by molar-refractivity contribution is 5.87. The molecule has 1 aliphatic rings. The zero-order valence-corrected chi connectivity index (χ0v) is 12.7. The van der Waals surface area contributed by atoms with Crippen molar-refractivity contribution in [3.8, 4) is 5.75 Å². The van der Waals surface area contributed by atoms with E-state index in [1.807, 2.05) is 0 Å². The van der Waals surface area contributed by atoms with Crippen LogP contribution in [0.2, 0.25) is 0 Å². The number of hydrogen-bond donors (Lipinski definition) is 3. The summed E-state index contributed by atoms with van der Waals surface area (Å²) >= 11 is 0. The number of phenolic OH excluding ortho intramolecular Hbond substituents is 1. The summed E-state index contributed by atoms with van der Waals surface area (Å²) in [5.41, 5.74) is 4.62. The standard InChI is InChI=1S/C15H20F2N2O3/c1-13(2,3)22-12(21)19-10-5-4-9(6-11(10)20)14(18)7-15(16,17)8-14/h4-6,20H,7-8,18H2,1-3H3,(H,19,21). The molecule has 0 heterocycles. The number of phenols is 1. The third kappa shape index (κ3) is 3.65. The summed E-state index contributed by atoms with van der Waals surface area (Å²) < 4.78 is 31.1. The monoisotopic (exact) mass is 314 g/mol. The smallest absolute Gasteiger partial charge is 0.412 e. The Bertz CT molecular complexity index is 589. The van der Waals surface area contributed by atoms with Crippen LogP contribution in [0.3, 0.4) is 0 Å². The average Bonchev–Trinajstić information content (AvgIpc) is 2.26. The molecule has 0 unspecified atom stereocenters. The van der Waals surface area contributed by atoms with Crippen LogP contribution in [-0.4, -0.2) is 22.7 Å². The Kier molecular flexibility index (Phi) is 3.81. The minimum absolute atomic E-state index is 0.132. The van der Waals surface area contributed by atoms with E-state index >= 15 is 0 Å². The largest absolute Gasteiger partial charge is 0.506 e. The molecule has 1 aromatic rings. The molecule has 5 nitrogen and oxygen atoms in total. The first-order valence-electron chi connectivity index (χ1n) is 6.90. The predicted molar refractivity (Wildman–Crippen MR) is 78.0 cm³/mol. The molecule has 22 heavy (non-hydrogen) atoms. The van der Waals surface area contributed by atoms with Crippen LogP contribution in [0.25, 0.3) is 0 Å². The van der Waals surface area contributed by atoms with Gasteiger partial charge in [0.25, 0.3) is 5.92 Å². The first-order chi connectivity index (χ1) is 9.90. The lowest BCUT2D eigenvalue weighted by molar-refractivity contribution is -0.125. The van der Waals surface area contributed by atoms with E-state index in [0.717, 1.165) is 0 Å². The second kappa shape index (κ2) is 5.08. The molecule has 0 aliphatic heterocycles. The molecule has 0 aromatic heterocycles. The summed E-state index contributed by atoms with van der Waals surface area (Å²) in [6.45, 7) is 5.14. The second-order valence-corrected chi connectivity index (χ2v) is 6.72. The van der Waals surface area contributed by atoms with Gasteiger partial charge in [0.05, 0.1) is 11.2 Å². The van der Waals surface area contributed by atoms with E-state index < -0.39 is 36.0 Å². The number of ether oxygens (including phenoxy) is 1. The van der Waals surface area contributed by atoms with Crippen LogP contribution in [0.4, 0.5) is 19.3 Å². The molecule has 4 N–H and O–H groups in total. The number of benzene rings is 1. The van der Waals surface area contributed by atoms with Crippen molar-refractivity contribution >= 4 is 11.8 Å². The number of nitrogens with one attached hydrogen (secondary N) is 1. The third-order valence-corrected chi connectivity index (χ3v) is 3.36. The van der Waals surface area contributed by atoms with Crippen molar-refractivity contribution < 1.29 is 23.4 Å². The molecule has 0 radical (unpaired) electrons. The Hall–Kier alpha value is -1.89. The predicted octanol–water partition coefficient (Wildman–Crippen LogP) is 3.32. The van der Waals surface area contributed by atoms with Crippen LogP contribution >= 0.6 is 0 Å². The fourth-order valence-corrected chi connectivity index (χ4v) is 2.44. The van der Waals surface area contributed by atoms with Crippen molar-refractivity contribution in [1.82, 2.24) is 0 Å². The lowest BCUT2D eigenvalue weighted by Crippen LogP contribution is -2.55. The molecule has 122 valence electrons. The van der Waals surface area contributed by atoms with Gasteiger partial charge in [-0.2, -0.15) is 0 Å². The van der Waals surface area contributed by atoms with Crippen LogP contribution in [0.5, 0.6) is 5.75 Å². The highest BCUT2D eigenvalue weighted by Crippen LogP contribution is 2.50. The van der Waals surface area contributed by atoms with Crippen LogP contribution in [0.15, 0.2) is 18.2 Å². The third-order valence-electron chi connectivity index (χ3n) is 3.36. The fraction of sp³-hybridized carbons (Fsp3) is 0.533. The molecular weight excluding hydrogens is 294 g/mol. The molecule has 0 saturated heterocycles. The molecule has 1 fully saturated rings. The average molecular weight is 314 g/mol. The summed E-state index contributed by atoms with van der Waals surface area (Å²) in [4.78, 5) is 11.6. The van der Waals surface area contributed by atoms with Crippen LogP contribution in [-0.2, 0) is 10.3 Å². The number of hydrogen-bond acceptors (Lipinski definition) is 4. The zero-order chi connectivity index (χ0) is 16.8. The van der Waals surface area contributed by atoms with E-state index in [9.17, 15) is 18.7 Å². The van der Waals surface area contributed by atoms with E-state index in [4.69, 9.17) is 10.5 Å². The number of alkyl halides is 2. The molecule has 0 spiro atoms. The Balaban J connectivity index is 2.09. The van der Waals surface area contributed by atoms with Crippen molar-refractivity contribution in [2.75, 3.05) is 5.32 Å². The highest BCUT2D eigenvalue weighted by atomic mass is 19.3. The van der Waals surface area contributed by atoms with Gasteiger partial charge in [-0.3, -0.25) is 5.32 Å². The van der Waals surface area contributed by atoms with Gasteiger partial charge in [-0.25, -0.2) is 13.6 Å². The number of amides is 1. The Morgan fingerprint density at radius 1 is 1.36 bits per heavy atom. The second-order valence-electron chi connectivity index (χ2n) is 6.72. The van der Waals surface area contributed by atoms with Gasteiger partial charge < -0.3 is 15.6 Å². The van der Waals surface area contributed by atoms with Crippen molar-refractivity contribution in [2.45, 2.75) is 50.7 Å². The van der Waals surface area contributed by atoms with Gasteiger partial charge in [0.2, 0.25) is 0 Å². The van der Waals surface area contributed by atoms with E-state index in [0.29, 0.717) is 5.56 Å². The van der Waals surface area contributed by atoms with Crippen molar-refractivity contribution in [2.24, 2.45) is 5.73 Å². The van der Waals surface area contributed by atoms with Crippen LogP contribution in [0, 0.1) is 0 Å². The number of carbonyl (C=O) groups excluding carboxylic acids is 1. The summed E-state index contributed by atoms with van der Waals surface area (Å²) in [6.07, 6.45) is -1.63. The first-order valence-corrected chi connectivity index (χ1v) is 6.90. The summed E-state index contributed by atoms with van der Waals surface area (Å²) in [7, 11) is 0. The quantitative estimate of drug-likeness (QED) is 0.731. The van der Waals surface area contributed by atoms with Crippen LogP contribution < -0.4 is 11.1 Å². The lowest BCUT2D eigenvalue weighted by Gasteiger charge is -2.44. The van der Waals surface area contributed by atoms with E-state index in [1.165, 1.54) is 18.2 Å². The maximum Gasteiger partial charge on any atom is 0.412 e. The Morgan fingerprint density at radius 3 is 2.41 bits per heavy atom. The molecule has 0 atom stereocenters. The first kappa shape index (κ1) is 16.5. The number of anilines is 1. The number of carbonyl (C=O) groups is 1. The van der Waals surface area contributed by atoms with Crippen molar-refractivity contribution in [1.29, 1.82) is 0 Å². The van der Waals surface area contributed by atoms with E-state index in [-0.39, 0.29) is 11.4 Å². The van der Waals surface area contributed by atoms with Gasteiger partial charge >= 0.3 is 6.09 Å². The number of nitrogens with two attached hydrogens (primary N) is 1. The van der Waals surface area contributed by atoms with Crippen molar-refractivity contribution in [3.63, 3.8) is 0 Å². The lowest BCUT2D eigenvalue weighted by atomic mass is 9.70. The fourth-order valence-electron chi connectivity index (χ4n) is 2.44. The normalized spacial score (nSPS) is 19.2. The van der Waals surface area contributed by atoms with Gasteiger partial charge in [-0.05, 0) is 38.5 Å². The molecule has 2 rings (SSSR count). The topological polar surface area (TPSA) is 84.6 Å². The Labute approximate surface area is 127 Å². The van der Waals surface area contributed by atoms with E-state index in [1.54, 1.807) is 20.8 Å². The van der Waals surface area contributed by atoms with Gasteiger partial charge in [-0.1, -0.05) is 6.07 Å².